The molecule has 8 heteroatoms. The lowest BCUT2D eigenvalue weighted by molar-refractivity contribution is 0.374. The first-order valence-electron chi connectivity index (χ1n) is 6.35. The summed E-state index contributed by atoms with van der Waals surface area (Å²) in [6.07, 6.45) is 4.28. The molecule has 0 atom stereocenters. The summed E-state index contributed by atoms with van der Waals surface area (Å²) >= 11 is 0. The molecule has 0 aromatic carbocycles. The van der Waals surface area contributed by atoms with Gasteiger partial charge in [0.15, 0.2) is 5.82 Å². The smallest absolute Gasteiger partial charge is 0.229 e. The number of rotatable bonds is 5. The average Bonchev–Trinajstić information content (AvgIpc) is 3.19. The highest BCUT2D eigenvalue weighted by Crippen LogP contribution is 2.38. The fourth-order valence-corrected chi connectivity index (χ4v) is 1.72. The first-order chi connectivity index (χ1) is 9.76. The summed E-state index contributed by atoms with van der Waals surface area (Å²) < 4.78 is 5.16. The van der Waals surface area contributed by atoms with Crippen LogP contribution in [0.5, 0.6) is 0 Å². The number of nitriles is 1. The van der Waals surface area contributed by atoms with E-state index in [2.05, 4.69) is 25.4 Å². The lowest BCUT2D eigenvalue weighted by atomic mass is 10.3. The van der Waals surface area contributed by atoms with Crippen molar-refractivity contribution < 1.29 is 4.52 Å². The minimum Gasteiger partial charge on any atom is -0.382 e. The highest BCUT2D eigenvalue weighted by atomic mass is 16.5. The molecule has 20 heavy (non-hydrogen) atoms. The first-order valence-corrected chi connectivity index (χ1v) is 6.35. The number of nitrogens with two attached hydrogens (primary N) is 1. The van der Waals surface area contributed by atoms with Crippen LogP contribution in [-0.4, -0.2) is 26.7 Å². The van der Waals surface area contributed by atoms with E-state index in [0.29, 0.717) is 30.7 Å². The lowest BCUT2D eigenvalue weighted by Gasteiger charge is -2.03. The van der Waals surface area contributed by atoms with Crippen LogP contribution in [0.4, 0.5) is 11.8 Å². The van der Waals surface area contributed by atoms with E-state index in [1.54, 1.807) is 0 Å². The molecule has 2 aromatic heterocycles. The lowest BCUT2D eigenvalue weighted by Crippen LogP contribution is -2.10. The summed E-state index contributed by atoms with van der Waals surface area (Å²) in [4.78, 5) is 12.3. The Morgan fingerprint density at radius 1 is 1.45 bits per heavy atom. The van der Waals surface area contributed by atoms with E-state index in [4.69, 9.17) is 15.5 Å². The molecule has 0 saturated heterocycles. The Labute approximate surface area is 115 Å². The molecule has 0 amide bonds. The summed E-state index contributed by atoms with van der Waals surface area (Å²) in [5.74, 6) is 2.42. The highest BCUT2D eigenvalue weighted by Gasteiger charge is 2.29. The van der Waals surface area contributed by atoms with Gasteiger partial charge in [0.2, 0.25) is 11.8 Å². The fraction of sp³-hybridized carbons (Fsp3) is 0.417. The summed E-state index contributed by atoms with van der Waals surface area (Å²) in [6, 6.07) is 1.91. The van der Waals surface area contributed by atoms with Gasteiger partial charge in [-0.25, -0.2) is 4.98 Å². The second kappa shape index (κ2) is 5.13. The van der Waals surface area contributed by atoms with Gasteiger partial charge in [-0.15, -0.1) is 0 Å². The topological polar surface area (TPSA) is 127 Å². The molecule has 1 aliphatic carbocycles. The molecule has 1 fully saturated rings. The number of nitrogen functional groups attached to an aromatic ring is 1. The SMILES string of the molecule is N#Cc1cnc(NCCc2noc(C3CC3)n2)nc1N. The molecule has 8 nitrogen and oxygen atoms in total. The normalized spacial score (nSPS) is 13.9. The van der Waals surface area contributed by atoms with Gasteiger partial charge in [-0.3, -0.25) is 0 Å². The van der Waals surface area contributed by atoms with Gasteiger partial charge in [0.25, 0.3) is 0 Å². The van der Waals surface area contributed by atoms with E-state index in [0.717, 1.165) is 18.7 Å². The molecule has 1 saturated carbocycles. The minimum absolute atomic E-state index is 0.167. The van der Waals surface area contributed by atoms with Crippen molar-refractivity contribution in [1.29, 1.82) is 5.26 Å². The Morgan fingerprint density at radius 3 is 3.00 bits per heavy atom. The van der Waals surface area contributed by atoms with Crippen LogP contribution in [0.3, 0.4) is 0 Å². The maximum Gasteiger partial charge on any atom is 0.229 e. The van der Waals surface area contributed by atoms with Crippen LogP contribution >= 0.6 is 0 Å². The van der Waals surface area contributed by atoms with Gasteiger partial charge in [0.05, 0.1) is 6.20 Å². The standard InChI is InChI=1S/C12H13N7O/c13-5-8-6-16-12(18-10(8)14)15-4-3-9-17-11(20-19-9)7-1-2-7/h6-7H,1-4H2,(H3,14,15,16,18). The van der Waals surface area contributed by atoms with E-state index >= 15 is 0 Å². The van der Waals surface area contributed by atoms with Crippen LogP contribution < -0.4 is 11.1 Å². The maximum atomic E-state index is 8.73. The molecule has 0 bridgehead atoms. The van der Waals surface area contributed by atoms with Gasteiger partial charge in [-0.1, -0.05) is 5.16 Å². The van der Waals surface area contributed by atoms with Gasteiger partial charge in [-0.2, -0.15) is 15.2 Å². The van der Waals surface area contributed by atoms with Crippen LogP contribution in [0.2, 0.25) is 0 Å². The van der Waals surface area contributed by atoms with Gasteiger partial charge >= 0.3 is 0 Å². The van der Waals surface area contributed by atoms with E-state index in [1.165, 1.54) is 6.20 Å². The largest absolute Gasteiger partial charge is 0.382 e. The number of nitrogens with one attached hydrogen (secondary N) is 1. The van der Waals surface area contributed by atoms with Crippen LogP contribution in [0, 0.1) is 11.3 Å². The van der Waals surface area contributed by atoms with Crippen molar-refractivity contribution in [2.75, 3.05) is 17.6 Å². The molecular formula is C12H13N7O. The van der Waals surface area contributed by atoms with E-state index in [-0.39, 0.29) is 11.4 Å². The Bertz CT molecular complexity index is 656. The van der Waals surface area contributed by atoms with Crippen molar-refractivity contribution in [3.05, 3.63) is 23.5 Å². The Hall–Kier alpha value is -2.69. The molecular weight excluding hydrogens is 258 g/mol. The van der Waals surface area contributed by atoms with Crippen molar-refractivity contribution in [2.45, 2.75) is 25.2 Å². The van der Waals surface area contributed by atoms with Crippen molar-refractivity contribution in [2.24, 2.45) is 0 Å². The van der Waals surface area contributed by atoms with Crippen LogP contribution in [0.15, 0.2) is 10.7 Å². The summed E-state index contributed by atoms with van der Waals surface area (Å²) in [5.41, 5.74) is 5.87. The van der Waals surface area contributed by atoms with Crippen LogP contribution in [0.1, 0.15) is 36.0 Å². The molecule has 3 rings (SSSR count). The molecule has 1 aliphatic rings. The number of hydrogen-bond acceptors (Lipinski definition) is 8. The third kappa shape index (κ3) is 2.66. The quantitative estimate of drug-likeness (QED) is 0.819. The Balaban J connectivity index is 1.54. The monoisotopic (exact) mass is 271 g/mol. The minimum atomic E-state index is 0.167. The van der Waals surface area contributed by atoms with Crippen molar-refractivity contribution in [1.82, 2.24) is 20.1 Å². The summed E-state index contributed by atoms with van der Waals surface area (Å²) in [6.45, 7) is 0.564. The average molecular weight is 271 g/mol. The molecule has 0 aliphatic heterocycles. The predicted octanol–water partition coefficient (Wildman–Crippen LogP) is 0.845. The van der Waals surface area contributed by atoms with Gasteiger partial charge in [0, 0.05) is 18.9 Å². The molecule has 2 heterocycles. The molecule has 0 spiro atoms. The maximum absolute atomic E-state index is 8.73. The summed E-state index contributed by atoms with van der Waals surface area (Å²) in [5, 5.41) is 15.7. The Kier molecular flexibility index (Phi) is 3.16. The molecule has 0 radical (unpaired) electrons. The zero-order valence-corrected chi connectivity index (χ0v) is 10.7. The molecule has 2 aromatic rings. The third-order valence-corrected chi connectivity index (χ3v) is 2.98. The number of anilines is 2. The first kappa shape index (κ1) is 12.3. The van der Waals surface area contributed by atoms with E-state index in [1.807, 2.05) is 6.07 Å². The number of aromatic nitrogens is 4. The molecule has 102 valence electrons. The Morgan fingerprint density at radius 2 is 2.30 bits per heavy atom. The molecule has 0 unspecified atom stereocenters. The fourth-order valence-electron chi connectivity index (χ4n) is 1.72. The predicted molar refractivity (Wildman–Crippen MR) is 69.6 cm³/mol. The van der Waals surface area contributed by atoms with Crippen molar-refractivity contribution in [3.63, 3.8) is 0 Å². The van der Waals surface area contributed by atoms with E-state index < -0.39 is 0 Å². The van der Waals surface area contributed by atoms with E-state index in [9.17, 15) is 0 Å². The number of hydrogen-bond donors (Lipinski definition) is 2. The van der Waals surface area contributed by atoms with Crippen LogP contribution in [-0.2, 0) is 6.42 Å². The highest BCUT2D eigenvalue weighted by molar-refractivity contribution is 5.49. The second-order valence-electron chi connectivity index (χ2n) is 4.60. The molecule has 3 N–H and O–H groups in total. The van der Waals surface area contributed by atoms with Gasteiger partial charge in [0.1, 0.15) is 17.5 Å². The van der Waals surface area contributed by atoms with Crippen molar-refractivity contribution >= 4 is 11.8 Å². The zero-order valence-electron chi connectivity index (χ0n) is 10.7. The third-order valence-electron chi connectivity index (χ3n) is 2.98. The van der Waals surface area contributed by atoms with Gasteiger partial charge in [-0.05, 0) is 12.8 Å². The number of nitrogens with zero attached hydrogens (tertiary/aromatic N) is 5. The second-order valence-corrected chi connectivity index (χ2v) is 4.60. The zero-order chi connectivity index (χ0) is 13.9. The van der Waals surface area contributed by atoms with Crippen LogP contribution in [0.25, 0.3) is 0 Å². The van der Waals surface area contributed by atoms with Gasteiger partial charge < -0.3 is 15.6 Å². The van der Waals surface area contributed by atoms with Crippen molar-refractivity contribution in [3.8, 4) is 6.07 Å². The summed E-state index contributed by atoms with van der Waals surface area (Å²) in [7, 11) is 0.